The van der Waals surface area contributed by atoms with Crippen molar-refractivity contribution in [3.63, 3.8) is 0 Å². The molecule has 0 radical (unpaired) electrons. The Kier molecular flexibility index (Phi) is 7.90. The maximum absolute atomic E-state index is 13.3. The maximum atomic E-state index is 13.3. The molecule has 1 amide bonds. The lowest BCUT2D eigenvalue weighted by Crippen LogP contribution is -2.39. The average Bonchev–Trinajstić information content (AvgIpc) is 2.77. The van der Waals surface area contributed by atoms with E-state index in [4.69, 9.17) is 16.3 Å². The minimum Gasteiger partial charge on any atom is -0.495 e. The van der Waals surface area contributed by atoms with Crippen molar-refractivity contribution < 1.29 is 17.9 Å². The third-order valence-electron chi connectivity index (χ3n) is 4.91. The minimum atomic E-state index is -3.88. The molecule has 0 bridgehead atoms. The smallest absolute Gasteiger partial charge is 0.243 e. The summed E-state index contributed by atoms with van der Waals surface area (Å²) in [5.41, 5.74) is 2.31. The molecule has 0 atom stereocenters. The fourth-order valence-corrected chi connectivity index (χ4v) is 4.74. The number of aryl methyl sites for hydroxylation is 1. The van der Waals surface area contributed by atoms with Crippen LogP contribution in [0.5, 0.6) is 5.75 Å². The molecule has 3 aromatic carbocycles. The minimum absolute atomic E-state index is 0.143. The Morgan fingerprint density at radius 1 is 1.03 bits per heavy atom. The first-order valence-corrected chi connectivity index (χ1v) is 11.9. The number of anilines is 1. The number of nitrogens with zero attached hydrogens (tertiary/aromatic N) is 1. The van der Waals surface area contributed by atoms with Crippen molar-refractivity contribution in [1.29, 1.82) is 0 Å². The van der Waals surface area contributed by atoms with Crippen LogP contribution in [0.25, 0.3) is 0 Å². The zero-order valence-electron chi connectivity index (χ0n) is 17.9. The molecule has 0 fully saturated rings. The Morgan fingerprint density at radius 2 is 1.72 bits per heavy atom. The topological polar surface area (TPSA) is 75.7 Å². The van der Waals surface area contributed by atoms with Gasteiger partial charge >= 0.3 is 0 Å². The van der Waals surface area contributed by atoms with Crippen molar-refractivity contribution in [3.8, 4) is 5.75 Å². The summed E-state index contributed by atoms with van der Waals surface area (Å²) >= 11 is 6.03. The number of halogens is 1. The van der Waals surface area contributed by atoms with Gasteiger partial charge in [-0.1, -0.05) is 59.6 Å². The predicted molar refractivity (Wildman–Crippen MR) is 127 cm³/mol. The fraction of sp³-hybridized carbons (Fsp3) is 0.208. The summed E-state index contributed by atoms with van der Waals surface area (Å²) in [5, 5.41) is 3.13. The molecule has 0 aromatic heterocycles. The molecule has 0 aliphatic rings. The Labute approximate surface area is 193 Å². The molecule has 0 saturated heterocycles. The van der Waals surface area contributed by atoms with E-state index in [1.165, 1.54) is 11.4 Å². The number of amides is 1. The Bertz CT molecular complexity index is 1170. The highest BCUT2D eigenvalue weighted by Gasteiger charge is 2.27. The van der Waals surface area contributed by atoms with Gasteiger partial charge in [0, 0.05) is 11.6 Å². The van der Waals surface area contributed by atoms with Crippen LogP contribution in [0.2, 0.25) is 5.02 Å². The van der Waals surface area contributed by atoms with E-state index >= 15 is 0 Å². The molecule has 32 heavy (non-hydrogen) atoms. The lowest BCUT2D eigenvalue weighted by Gasteiger charge is -2.22. The van der Waals surface area contributed by atoms with E-state index in [1.807, 2.05) is 37.3 Å². The third kappa shape index (κ3) is 6.09. The standard InChI is InChI=1S/C24H25ClN2O4S/c1-18-8-11-21(12-9-18)32(29,30)27(15-14-19-6-4-3-5-7-19)17-24(28)26-22-16-20(25)10-13-23(22)31-2/h3-13,16H,14-15,17H2,1-2H3,(H,26,28). The highest BCUT2D eigenvalue weighted by molar-refractivity contribution is 7.89. The van der Waals surface area contributed by atoms with Crippen LogP contribution >= 0.6 is 11.6 Å². The van der Waals surface area contributed by atoms with Crippen LogP contribution < -0.4 is 10.1 Å². The number of benzene rings is 3. The number of carbonyl (C=O) groups is 1. The number of carbonyl (C=O) groups excluding carboxylic acids is 1. The van der Waals surface area contributed by atoms with E-state index in [9.17, 15) is 13.2 Å². The normalized spacial score (nSPS) is 11.4. The molecule has 0 saturated carbocycles. The number of hydrogen-bond donors (Lipinski definition) is 1. The van der Waals surface area contributed by atoms with Crippen LogP contribution in [-0.4, -0.2) is 38.8 Å². The first-order chi connectivity index (χ1) is 15.3. The molecule has 168 valence electrons. The van der Waals surface area contributed by atoms with Gasteiger partial charge in [-0.05, 0) is 49.2 Å². The lowest BCUT2D eigenvalue weighted by molar-refractivity contribution is -0.116. The van der Waals surface area contributed by atoms with Gasteiger partial charge in [0.2, 0.25) is 15.9 Å². The summed E-state index contributed by atoms with van der Waals surface area (Å²) in [6.07, 6.45) is 0.472. The zero-order chi connectivity index (χ0) is 23.1. The van der Waals surface area contributed by atoms with Gasteiger partial charge in [-0.25, -0.2) is 8.42 Å². The van der Waals surface area contributed by atoms with Gasteiger partial charge in [0.25, 0.3) is 0 Å². The number of nitrogens with one attached hydrogen (secondary N) is 1. The summed E-state index contributed by atoms with van der Waals surface area (Å²) < 4.78 is 33.1. The summed E-state index contributed by atoms with van der Waals surface area (Å²) in [6.45, 7) is 1.69. The van der Waals surface area contributed by atoms with Crippen molar-refractivity contribution in [2.45, 2.75) is 18.2 Å². The van der Waals surface area contributed by atoms with E-state index in [0.717, 1.165) is 11.1 Å². The first-order valence-electron chi connectivity index (χ1n) is 10.0. The molecule has 0 aliphatic carbocycles. The van der Waals surface area contributed by atoms with E-state index < -0.39 is 15.9 Å². The third-order valence-corrected chi connectivity index (χ3v) is 7.00. The number of ether oxygens (including phenoxy) is 1. The second kappa shape index (κ2) is 10.6. The van der Waals surface area contributed by atoms with E-state index in [0.29, 0.717) is 22.9 Å². The fourth-order valence-electron chi connectivity index (χ4n) is 3.17. The SMILES string of the molecule is COc1ccc(Cl)cc1NC(=O)CN(CCc1ccccc1)S(=O)(=O)c1ccc(C)cc1. The zero-order valence-corrected chi connectivity index (χ0v) is 19.5. The molecule has 1 N–H and O–H groups in total. The molecule has 0 spiro atoms. The van der Waals surface area contributed by atoms with Crippen LogP contribution in [0.15, 0.2) is 77.7 Å². The Morgan fingerprint density at radius 3 is 2.38 bits per heavy atom. The van der Waals surface area contributed by atoms with Crippen molar-refractivity contribution in [2.75, 3.05) is 25.5 Å². The summed E-state index contributed by atoms with van der Waals surface area (Å²) in [5.74, 6) is -0.0608. The predicted octanol–water partition coefficient (Wildman–Crippen LogP) is 4.53. The van der Waals surface area contributed by atoms with E-state index in [2.05, 4.69) is 5.32 Å². The quantitative estimate of drug-likeness (QED) is 0.496. The van der Waals surface area contributed by atoms with Gasteiger partial charge in [0.1, 0.15) is 5.75 Å². The van der Waals surface area contributed by atoms with Crippen molar-refractivity contribution in [2.24, 2.45) is 0 Å². The first kappa shape index (κ1) is 23.8. The van der Waals surface area contributed by atoms with Crippen LogP contribution in [0, 0.1) is 6.92 Å². The molecule has 6 nitrogen and oxygen atoms in total. The lowest BCUT2D eigenvalue weighted by atomic mass is 10.1. The van der Waals surface area contributed by atoms with Crippen molar-refractivity contribution >= 4 is 33.2 Å². The molecule has 3 aromatic rings. The van der Waals surface area contributed by atoms with Gasteiger partial charge in [-0.2, -0.15) is 4.31 Å². The number of methoxy groups -OCH3 is 1. The summed E-state index contributed by atoms with van der Waals surface area (Å²) in [6, 6.07) is 20.9. The molecule has 8 heteroatoms. The van der Waals surface area contributed by atoms with Crippen LogP contribution in [-0.2, 0) is 21.2 Å². The van der Waals surface area contributed by atoms with Gasteiger partial charge in [0.05, 0.1) is 24.2 Å². The maximum Gasteiger partial charge on any atom is 0.243 e. The summed E-state index contributed by atoms with van der Waals surface area (Å²) in [7, 11) is -2.40. The van der Waals surface area contributed by atoms with Crippen LogP contribution in [0.1, 0.15) is 11.1 Å². The van der Waals surface area contributed by atoms with Crippen molar-refractivity contribution in [3.05, 3.63) is 88.9 Å². The average molecular weight is 473 g/mol. The number of rotatable bonds is 9. The molecule has 0 aliphatic heterocycles. The van der Waals surface area contributed by atoms with Crippen molar-refractivity contribution in [1.82, 2.24) is 4.31 Å². The Balaban J connectivity index is 1.84. The van der Waals surface area contributed by atoms with Gasteiger partial charge in [0.15, 0.2) is 0 Å². The van der Waals surface area contributed by atoms with Gasteiger partial charge in [-0.3, -0.25) is 4.79 Å². The number of hydrogen-bond acceptors (Lipinski definition) is 4. The monoisotopic (exact) mass is 472 g/mol. The second-order valence-corrected chi connectivity index (χ2v) is 9.65. The molecule has 0 unspecified atom stereocenters. The van der Waals surface area contributed by atoms with Crippen LogP contribution in [0.4, 0.5) is 5.69 Å². The Hall–Kier alpha value is -2.87. The van der Waals surface area contributed by atoms with Crippen LogP contribution in [0.3, 0.4) is 0 Å². The van der Waals surface area contributed by atoms with Gasteiger partial charge < -0.3 is 10.1 Å². The largest absolute Gasteiger partial charge is 0.495 e. The van der Waals surface area contributed by atoms with E-state index in [-0.39, 0.29) is 18.0 Å². The molecular formula is C24H25ClN2O4S. The molecular weight excluding hydrogens is 448 g/mol. The van der Waals surface area contributed by atoms with E-state index in [1.54, 1.807) is 42.5 Å². The second-order valence-electron chi connectivity index (χ2n) is 7.28. The molecule has 3 rings (SSSR count). The van der Waals surface area contributed by atoms with Gasteiger partial charge in [-0.15, -0.1) is 0 Å². The summed E-state index contributed by atoms with van der Waals surface area (Å²) in [4.78, 5) is 13.0. The highest BCUT2D eigenvalue weighted by atomic mass is 35.5. The number of sulfonamides is 1. The molecule has 0 heterocycles. The highest BCUT2D eigenvalue weighted by Crippen LogP contribution is 2.28.